The van der Waals surface area contributed by atoms with Crippen LogP contribution in [0.3, 0.4) is 0 Å². The number of phenols is 2. The van der Waals surface area contributed by atoms with Crippen LogP contribution >= 0.6 is 12.2 Å². The van der Waals surface area contributed by atoms with Crippen LogP contribution in [-0.2, 0) is 0 Å². The Morgan fingerprint density at radius 3 is 2.14 bits per heavy atom. The number of hydrogen-bond acceptors (Lipinski definition) is 4. The molecular weight excluding hydrogens is 370 g/mol. The molecule has 4 rings (SSSR count). The Hall–Kier alpha value is -3.38. The van der Waals surface area contributed by atoms with Gasteiger partial charge in [-0.05, 0) is 71.9 Å². The Morgan fingerprint density at radius 2 is 1.50 bits per heavy atom. The van der Waals surface area contributed by atoms with E-state index in [1.54, 1.807) is 29.3 Å². The van der Waals surface area contributed by atoms with Crippen LogP contribution < -0.4 is 5.32 Å². The average molecular weight is 389 g/mol. The first-order valence-corrected chi connectivity index (χ1v) is 9.32. The Bertz CT molecular complexity index is 1000. The zero-order valence-electron chi connectivity index (χ0n) is 15.0. The maximum atomic E-state index is 9.62. The lowest BCUT2D eigenvalue weighted by molar-refractivity contribution is 0.375. The van der Waals surface area contributed by atoms with Gasteiger partial charge in [0.1, 0.15) is 11.5 Å². The molecule has 1 aliphatic rings. The average Bonchev–Trinajstić information content (AvgIpc) is 3.15. The first kappa shape index (κ1) is 18.0. The first-order chi connectivity index (χ1) is 13.6. The Labute approximate surface area is 168 Å². The van der Waals surface area contributed by atoms with Crippen LogP contribution in [-0.4, -0.2) is 26.0 Å². The van der Waals surface area contributed by atoms with Crippen LogP contribution in [0.2, 0.25) is 0 Å². The smallest absolute Gasteiger partial charge is 0.194 e. The van der Waals surface area contributed by atoms with E-state index in [2.05, 4.69) is 5.32 Å². The van der Waals surface area contributed by atoms with Crippen molar-refractivity contribution >= 4 is 28.7 Å². The van der Waals surface area contributed by atoms with E-state index in [-0.39, 0.29) is 17.5 Å². The van der Waals surface area contributed by atoms with Crippen molar-refractivity contribution < 1.29 is 10.2 Å². The predicted octanol–water partition coefficient (Wildman–Crippen LogP) is 4.65. The normalized spacial score (nSPS) is 15.9. The summed E-state index contributed by atoms with van der Waals surface area (Å²) in [5.41, 5.74) is 3.72. The zero-order valence-corrected chi connectivity index (χ0v) is 15.8. The molecule has 0 amide bonds. The van der Waals surface area contributed by atoms with Gasteiger partial charge in [-0.2, -0.15) is 5.10 Å². The van der Waals surface area contributed by atoms with E-state index >= 15 is 0 Å². The third kappa shape index (κ3) is 3.82. The van der Waals surface area contributed by atoms with Crippen molar-refractivity contribution in [3.8, 4) is 11.5 Å². The van der Waals surface area contributed by atoms with Crippen molar-refractivity contribution in [2.24, 2.45) is 5.10 Å². The molecule has 0 bridgehead atoms. The van der Waals surface area contributed by atoms with Gasteiger partial charge in [-0.15, -0.1) is 0 Å². The molecule has 0 saturated carbocycles. The summed E-state index contributed by atoms with van der Waals surface area (Å²) < 4.78 is 0. The SMILES string of the molecule is Oc1ccc(C2=NN(C(=S)Nc3ccccc3)[C@H](c3ccc(O)cc3)C2)cc1. The first-order valence-electron chi connectivity index (χ1n) is 8.91. The number of nitrogens with one attached hydrogen (secondary N) is 1. The van der Waals surface area contributed by atoms with Crippen molar-refractivity contribution in [2.75, 3.05) is 5.32 Å². The summed E-state index contributed by atoms with van der Waals surface area (Å²) in [6, 6.07) is 23.7. The number of anilines is 1. The van der Waals surface area contributed by atoms with E-state index in [1.165, 1.54) is 0 Å². The molecule has 5 nitrogen and oxygen atoms in total. The molecule has 140 valence electrons. The summed E-state index contributed by atoms with van der Waals surface area (Å²) in [6.07, 6.45) is 0.659. The molecular formula is C22H19N3O2S. The molecule has 1 heterocycles. The highest BCUT2D eigenvalue weighted by molar-refractivity contribution is 7.80. The van der Waals surface area contributed by atoms with Gasteiger partial charge in [-0.1, -0.05) is 30.3 Å². The fourth-order valence-corrected chi connectivity index (χ4v) is 3.47. The maximum absolute atomic E-state index is 9.62. The predicted molar refractivity (Wildman–Crippen MR) is 115 cm³/mol. The van der Waals surface area contributed by atoms with E-state index in [0.717, 1.165) is 22.5 Å². The minimum Gasteiger partial charge on any atom is -0.508 e. The number of thiocarbonyl (C=S) groups is 1. The number of aromatic hydroxyl groups is 2. The van der Waals surface area contributed by atoms with Gasteiger partial charge in [0.05, 0.1) is 11.8 Å². The Morgan fingerprint density at radius 1 is 0.893 bits per heavy atom. The number of hydrogen-bond donors (Lipinski definition) is 3. The number of hydrazone groups is 1. The lowest BCUT2D eigenvalue weighted by atomic mass is 9.98. The zero-order chi connectivity index (χ0) is 19.5. The largest absolute Gasteiger partial charge is 0.508 e. The molecule has 3 aromatic rings. The molecule has 1 atom stereocenters. The monoisotopic (exact) mass is 389 g/mol. The Balaban J connectivity index is 1.65. The van der Waals surface area contributed by atoms with Gasteiger partial charge in [0.25, 0.3) is 0 Å². The van der Waals surface area contributed by atoms with Gasteiger partial charge in [-0.25, -0.2) is 5.01 Å². The van der Waals surface area contributed by atoms with Crippen molar-refractivity contribution in [3.63, 3.8) is 0 Å². The van der Waals surface area contributed by atoms with Gasteiger partial charge in [-0.3, -0.25) is 0 Å². The van der Waals surface area contributed by atoms with E-state index in [1.807, 2.05) is 54.6 Å². The summed E-state index contributed by atoms with van der Waals surface area (Å²) in [5, 5.41) is 29.5. The molecule has 28 heavy (non-hydrogen) atoms. The Kier molecular flexibility index (Phi) is 4.95. The van der Waals surface area contributed by atoms with Gasteiger partial charge < -0.3 is 15.5 Å². The highest BCUT2D eigenvalue weighted by Gasteiger charge is 2.31. The molecule has 0 aliphatic carbocycles. The van der Waals surface area contributed by atoms with Gasteiger partial charge in [0, 0.05) is 12.1 Å². The van der Waals surface area contributed by atoms with Crippen LogP contribution in [0.1, 0.15) is 23.6 Å². The summed E-state index contributed by atoms with van der Waals surface area (Å²) >= 11 is 5.64. The maximum Gasteiger partial charge on any atom is 0.194 e. The molecule has 3 N–H and O–H groups in total. The molecule has 0 fully saturated rings. The fraction of sp³-hybridized carbons (Fsp3) is 0.0909. The summed E-state index contributed by atoms with van der Waals surface area (Å²) in [6.45, 7) is 0. The van der Waals surface area contributed by atoms with Crippen molar-refractivity contribution in [2.45, 2.75) is 12.5 Å². The quantitative estimate of drug-likeness (QED) is 0.569. The molecule has 3 aromatic carbocycles. The molecule has 0 unspecified atom stereocenters. The summed E-state index contributed by atoms with van der Waals surface area (Å²) in [5.74, 6) is 0.438. The van der Waals surface area contributed by atoms with E-state index < -0.39 is 0 Å². The van der Waals surface area contributed by atoms with Crippen LogP contribution in [0.4, 0.5) is 5.69 Å². The molecule has 0 aromatic heterocycles. The minimum atomic E-state index is -0.0897. The second-order valence-electron chi connectivity index (χ2n) is 6.55. The lowest BCUT2D eigenvalue weighted by Gasteiger charge is -2.25. The number of benzene rings is 3. The number of rotatable bonds is 3. The van der Waals surface area contributed by atoms with Crippen molar-refractivity contribution in [3.05, 3.63) is 90.0 Å². The standard InChI is InChI=1S/C22H19N3O2S/c26-18-10-6-15(7-11-18)20-14-21(16-8-12-19(27)13-9-16)25(24-20)22(28)23-17-4-2-1-3-5-17/h1-13,21,26-27H,14H2,(H,23,28)/t21-/m0/s1. The molecule has 6 heteroatoms. The van der Waals surface area contributed by atoms with Crippen molar-refractivity contribution in [1.82, 2.24) is 5.01 Å². The van der Waals surface area contributed by atoms with E-state index in [9.17, 15) is 10.2 Å². The van der Waals surface area contributed by atoms with Crippen LogP contribution in [0, 0.1) is 0 Å². The minimum absolute atomic E-state index is 0.0897. The third-order valence-electron chi connectivity index (χ3n) is 4.62. The van der Waals surface area contributed by atoms with Gasteiger partial charge >= 0.3 is 0 Å². The molecule has 0 spiro atoms. The highest BCUT2D eigenvalue weighted by atomic mass is 32.1. The molecule has 1 aliphatic heterocycles. The van der Waals surface area contributed by atoms with E-state index in [0.29, 0.717) is 11.5 Å². The summed E-state index contributed by atoms with van der Waals surface area (Å²) in [4.78, 5) is 0. The van der Waals surface area contributed by atoms with Crippen LogP contribution in [0.5, 0.6) is 11.5 Å². The fourth-order valence-electron chi connectivity index (χ4n) is 3.18. The lowest BCUT2D eigenvalue weighted by Crippen LogP contribution is -2.31. The molecule has 0 radical (unpaired) electrons. The number of phenolic OH excluding ortho intramolecular Hbond substituents is 2. The topological polar surface area (TPSA) is 68.1 Å². The number of para-hydroxylation sites is 1. The molecule has 0 saturated heterocycles. The van der Waals surface area contributed by atoms with Gasteiger partial charge in [0.15, 0.2) is 5.11 Å². The van der Waals surface area contributed by atoms with E-state index in [4.69, 9.17) is 17.3 Å². The highest BCUT2D eigenvalue weighted by Crippen LogP contribution is 2.34. The van der Waals surface area contributed by atoms with Crippen LogP contribution in [0.25, 0.3) is 0 Å². The summed E-state index contributed by atoms with van der Waals surface area (Å²) in [7, 11) is 0. The van der Waals surface area contributed by atoms with Crippen LogP contribution in [0.15, 0.2) is 84.0 Å². The second-order valence-corrected chi connectivity index (χ2v) is 6.93. The second kappa shape index (κ2) is 7.70. The third-order valence-corrected chi connectivity index (χ3v) is 4.91. The van der Waals surface area contributed by atoms with Gasteiger partial charge in [0.2, 0.25) is 0 Å². The van der Waals surface area contributed by atoms with Crippen molar-refractivity contribution in [1.29, 1.82) is 0 Å². The number of nitrogens with zero attached hydrogens (tertiary/aromatic N) is 2.